The van der Waals surface area contributed by atoms with Crippen molar-refractivity contribution in [3.05, 3.63) is 77.2 Å². The van der Waals surface area contributed by atoms with E-state index in [1.54, 1.807) is 49.5 Å². The summed E-state index contributed by atoms with van der Waals surface area (Å²) in [5.41, 5.74) is 1.79. The molecule has 0 saturated carbocycles. The van der Waals surface area contributed by atoms with Crippen molar-refractivity contribution in [2.24, 2.45) is 0 Å². The zero-order chi connectivity index (χ0) is 28.3. The first-order chi connectivity index (χ1) is 19.9. The monoisotopic (exact) mass is 579 g/mol. The van der Waals surface area contributed by atoms with Crippen molar-refractivity contribution in [3.63, 3.8) is 0 Å². The summed E-state index contributed by atoms with van der Waals surface area (Å²) in [6, 6.07) is 13.6. The molecule has 1 unspecified atom stereocenters. The molecule has 2 atom stereocenters. The summed E-state index contributed by atoms with van der Waals surface area (Å²) in [5, 5.41) is 6.47. The van der Waals surface area contributed by atoms with Gasteiger partial charge in [0.2, 0.25) is 5.75 Å². The Labute approximate surface area is 240 Å². The van der Waals surface area contributed by atoms with E-state index in [1.807, 2.05) is 6.07 Å². The van der Waals surface area contributed by atoms with Crippen LogP contribution in [0.2, 0.25) is 5.02 Å². The molecule has 0 bridgehead atoms. The molecule has 0 radical (unpaired) electrons. The fourth-order valence-electron chi connectivity index (χ4n) is 4.71. The highest BCUT2D eigenvalue weighted by atomic mass is 35.5. The first kappa shape index (κ1) is 26.9. The number of aromatic nitrogens is 1. The summed E-state index contributed by atoms with van der Waals surface area (Å²) in [7, 11) is 0. The van der Waals surface area contributed by atoms with Crippen LogP contribution in [0, 0.1) is 5.82 Å². The van der Waals surface area contributed by atoms with Gasteiger partial charge in [0, 0.05) is 24.8 Å². The summed E-state index contributed by atoms with van der Waals surface area (Å²) in [4.78, 5) is 17.1. The first-order valence-electron chi connectivity index (χ1n) is 13.2. The average Bonchev–Trinajstić information content (AvgIpc) is 3.48. The fourth-order valence-corrected chi connectivity index (χ4v) is 4.93. The van der Waals surface area contributed by atoms with Crippen LogP contribution >= 0.6 is 11.6 Å². The quantitative estimate of drug-likeness (QED) is 0.253. The van der Waals surface area contributed by atoms with Crippen LogP contribution in [0.5, 0.6) is 28.7 Å². The van der Waals surface area contributed by atoms with E-state index in [0.29, 0.717) is 71.8 Å². The summed E-state index contributed by atoms with van der Waals surface area (Å²) in [5.74, 6) is 2.16. The number of carbonyl (C=O) groups is 1. The van der Waals surface area contributed by atoms with Crippen molar-refractivity contribution < 1.29 is 32.9 Å². The van der Waals surface area contributed by atoms with Crippen molar-refractivity contribution in [2.75, 3.05) is 31.7 Å². The highest BCUT2D eigenvalue weighted by Gasteiger charge is 2.27. The molecule has 212 valence electrons. The topological polar surface area (TPSA) is 100 Å². The normalized spacial score (nSPS) is 16.7. The number of nitrogens with one attached hydrogen (secondary N) is 2. The Balaban J connectivity index is 1.20. The van der Waals surface area contributed by atoms with Crippen molar-refractivity contribution >= 4 is 34.2 Å². The number of ether oxygens (including phenoxy) is 5. The maximum absolute atomic E-state index is 13.2. The molecule has 1 fully saturated rings. The Bertz CT molecular complexity index is 1580. The lowest BCUT2D eigenvalue weighted by atomic mass is 10.1. The maximum atomic E-state index is 13.2. The molecule has 4 aromatic rings. The molecule has 3 aromatic carbocycles. The lowest BCUT2D eigenvalue weighted by Gasteiger charge is -2.24. The van der Waals surface area contributed by atoms with Crippen LogP contribution in [0.3, 0.4) is 0 Å². The van der Waals surface area contributed by atoms with E-state index >= 15 is 0 Å². The van der Waals surface area contributed by atoms with Gasteiger partial charge in [0.1, 0.15) is 36.6 Å². The summed E-state index contributed by atoms with van der Waals surface area (Å²) in [6.45, 7) is 3.75. The second kappa shape index (κ2) is 11.7. The molecule has 0 spiro atoms. The number of rotatable bonds is 7. The van der Waals surface area contributed by atoms with E-state index in [4.69, 9.17) is 35.3 Å². The minimum atomic E-state index is -0.455. The van der Waals surface area contributed by atoms with Gasteiger partial charge in [-0.15, -0.1) is 0 Å². The predicted octanol–water partition coefficient (Wildman–Crippen LogP) is 6.64. The minimum Gasteiger partial charge on any atom is -0.485 e. The molecule has 2 aliphatic heterocycles. The van der Waals surface area contributed by atoms with E-state index in [0.717, 1.165) is 12.0 Å². The van der Waals surface area contributed by atoms with E-state index in [9.17, 15) is 9.18 Å². The number of carbonyl (C=O) groups excluding carboxylic acids is 1. The number of nitrogens with zero attached hydrogens (tertiary/aromatic N) is 1. The third kappa shape index (κ3) is 5.94. The van der Waals surface area contributed by atoms with Crippen molar-refractivity contribution in [1.82, 2.24) is 10.3 Å². The van der Waals surface area contributed by atoms with Crippen molar-refractivity contribution in [2.45, 2.75) is 25.5 Å². The van der Waals surface area contributed by atoms with Crippen LogP contribution in [0.1, 0.15) is 24.9 Å². The zero-order valence-corrected chi connectivity index (χ0v) is 22.9. The van der Waals surface area contributed by atoms with Crippen molar-refractivity contribution in [3.8, 4) is 28.7 Å². The molecule has 2 aliphatic rings. The Morgan fingerprint density at radius 1 is 1.05 bits per heavy atom. The van der Waals surface area contributed by atoms with Gasteiger partial charge in [-0.1, -0.05) is 23.7 Å². The molecule has 1 aromatic heterocycles. The van der Waals surface area contributed by atoms with Crippen LogP contribution in [-0.4, -0.2) is 43.5 Å². The van der Waals surface area contributed by atoms with Crippen LogP contribution in [0.25, 0.3) is 10.9 Å². The fraction of sp³-hybridized carbons (Fsp3) is 0.267. The molecule has 6 rings (SSSR count). The molecular weight excluding hydrogens is 553 g/mol. The lowest BCUT2D eigenvalue weighted by molar-refractivity contribution is 0.128. The van der Waals surface area contributed by atoms with Gasteiger partial charge in [0.25, 0.3) is 0 Å². The Kier molecular flexibility index (Phi) is 7.67. The number of benzene rings is 3. The number of fused-ring (bicyclic) bond motifs is 3. The third-order valence-electron chi connectivity index (χ3n) is 6.76. The Morgan fingerprint density at radius 2 is 1.85 bits per heavy atom. The smallest absolute Gasteiger partial charge is 0.319 e. The molecule has 3 heterocycles. The Morgan fingerprint density at radius 3 is 2.61 bits per heavy atom. The molecule has 2 amide bonds. The molecule has 9 nitrogen and oxygen atoms in total. The van der Waals surface area contributed by atoms with E-state index in [-0.39, 0.29) is 23.0 Å². The third-order valence-corrected chi connectivity index (χ3v) is 7.07. The second-order valence-electron chi connectivity index (χ2n) is 9.65. The molecule has 41 heavy (non-hydrogen) atoms. The summed E-state index contributed by atoms with van der Waals surface area (Å²) in [6.07, 6.45) is 2.37. The molecule has 2 N–H and O–H groups in total. The summed E-state index contributed by atoms with van der Waals surface area (Å²) >= 11 is 6.50. The minimum absolute atomic E-state index is 0.0658. The maximum Gasteiger partial charge on any atom is 0.319 e. The highest BCUT2D eigenvalue weighted by molar-refractivity contribution is 6.33. The largest absolute Gasteiger partial charge is 0.485 e. The molecule has 1 saturated heterocycles. The number of urea groups is 1. The van der Waals surface area contributed by atoms with Gasteiger partial charge in [-0.25, -0.2) is 9.18 Å². The number of anilines is 1. The van der Waals surface area contributed by atoms with Gasteiger partial charge in [-0.3, -0.25) is 4.98 Å². The Hall–Kier alpha value is -4.28. The molecule has 11 heteroatoms. The number of hydrogen-bond donors (Lipinski definition) is 2. The average molecular weight is 580 g/mol. The molecular formula is C30H27ClFN3O6. The zero-order valence-electron chi connectivity index (χ0n) is 22.1. The lowest BCUT2D eigenvalue weighted by Crippen LogP contribution is -2.31. The van der Waals surface area contributed by atoms with E-state index in [1.165, 1.54) is 12.1 Å². The van der Waals surface area contributed by atoms with Crippen LogP contribution in [-0.2, 0) is 4.74 Å². The number of hydrogen-bond acceptors (Lipinski definition) is 7. The second-order valence-corrected chi connectivity index (χ2v) is 10.1. The first-order valence-corrected chi connectivity index (χ1v) is 13.6. The van der Waals surface area contributed by atoms with Crippen molar-refractivity contribution in [1.29, 1.82) is 0 Å². The number of amides is 2. The van der Waals surface area contributed by atoms with Crippen LogP contribution in [0.15, 0.2) is 60.8 Å². The van der Waals surface area contributed by atoms with Gasteiger partial charge >= 0.3 is 6.03 Å². The summed E-state index contributed by atoms with van der Waals surface area (Å²) < 4.78 is 43.0. The van der Waals surface area contributed by atoms with Crippen LogP contribution in [0.4, 0.5) is 14.9 Å². The van der Waals surface area contributed by atoms with E-state index in [2.05, 4.69) is 15.6 Å². The van der Waals surface area contributed by atoms with Gasteiger partial charge < -0.3 is 34.3 Å². The molecule has 0 aliphatic carbocycles. The van der Waals surface area contributed by atoms with Gasteiger partial charge in [0.15, 0.2) is 11.5 Å². The predicted molar refractivity (Wildman–Crippen MR) is 151 cm³/mol. The van der Waals surface area contributed by atoms with Gasteiger partial charge in [-0.05, 0) is 42.8 Å². The van der Waals surface area contributed by atoms with Crippen LogP contribution < -0.4 is 29.6 Å². The number of pyridine rings is 1. The standard InChI is InChI=1S/C30H27ClFN3O6/c1-17(18-2-4-19(32)5-3-18)34-30(36)35-23-7-6-20(14-22(23)31)40-25-8-10-33-24-15-26(41-21-9-11-37-16-21)28-29(27(24)25)39-13-12-38-28/h2-8,10,14-15,17,21H,9,11-13,16H2,1H3,(H2,34,35,36)/t17-,21?/m1/s1. The number of halogens is 2. The highest BCUT2D eigenvalue weighted by Crippen LogP contribution is 2.49. The van der Waals surface area contributed by atoms with Gasteiger partial charge in [-0.2, -0.15) is 0 Å². The SMILES string of the molecule is C[C@@H](NC(=O)Nc1ccc(Oc2ccnc3cc(OC4CCOC4)c4c(c23)OCCO4)cc1Cl)c1ccc(F)cc1. The van der Waals surface area contributed by atoms with E-state index < -0.39 is 6.03 Å². The van der Waals surface area contributed by atoms with Gasteiger partial charge in [0.05, 0.1) is 40.9 Å².